The standard InChI is InChI=1S/C15H20BrN3O/c1-4-7-20-15-6-5-13(16)8-12(15)9-17-14-10-19(3)18-11(14)2/h5-6,8,10,17H,4,7,9H2,1-3H3. The number of nitrogens with zero attached hydrogens (tertiary/aromatic N) is 2. The number of benzene rings is 1. The van der Waals surface area contributed by atoms with Gasteiger partial charge < -0.3 is 10.1 Å². The van der Waals surface area contributed by atoms with E-state index < -0.39 is 0 Å². The normalized spacial score (nSPS) is 10.6. The SMILES string of the molecule is CCCOc1ccc(Br)cc1CNc1cn(C)nc1C. The molecule has 0 amide bonds. The lowest BCUT2D eigenvalue weighted by Gasteiger charge is -2.12. The number of rotatable bonds is 6. The summed E-state index contributed by atoms with van der Waals surface area (Å²) in [6.45, 7) is 5.55. The van der Waals surface area contributed by atoms with Gasteiger partial charge in [0.15, 0.2) is 0 Å². The topological polar surface area (TPSA) is 39.1 Å². The molecule has 0 radical (unpaired) electrons. The number of halogens is 1. The first kappa shape index (κ1) is 14.9. The first-order valence-electron chi connectivity index (χ1n) is 6.75. The van der Waals surface area contributed by atoms with E-state index in [1.165, 1.54) is 0 Å². The summed E-state index contributed by atoms with van der Waals surface area (Å²) >= 11 is 3.51. The molecule has 108 valence electrons. The van der Waals surface area contributed by atoms with Crippen molar-refractivity contribution in [3.8, 4) is 5.75 Å². The van der Waals surface area contributed by atoms with E-state index in [0.717, 1.165) is 40.2 Å². The summed E-state index contributed by atoms with van der Waals surface area (Å²) < 4.78 is 8.65. The van der Waals surface area contributed by atoms with Crippen LogP contribution in [0.5, 0.6) is 5.75 Å². The van der Waals surface area contributed by atoms with Crippen LogP contribution in [0, 0.1) is 6.92 Å². The van der Waals surface area contributed by atoms with Gasteiger partial charge in [-0.1, -0.05) is 22.9 Å². The van der Waals surface area contributed by atoms with E-state index in [1.807, 2.05) is 37.0 Å². The van der Waals surface area contributed by atoms with Gasteiger partial charge in [0, 0.05) is 29.8 Å². The van der Waals surface area contributed by atoms with Gasteiger partial charge in [0.05, 0.1) is 18.0 Å². The zero-order valence-corrected chi connectivity index (χ0v) is 13.7. The summed E-state index contributed by atoms with van der Waals surface area (Å²) in [7, 11) is 1.92. The molecule has 0 bridgehead atoms. The molecular weight excluding hydrogens is 318 g/mol. The maximum Gasteiger partial charge on any atom is 0.124 e. The van der Waals surface area contributed by atoms with E-state index in [2.05, 4.69) is 39.3 Å². The van der Waals surface area contributed by atoms with Crippen molar-refractivity contribution in [3.63, 3.8) is 0 Å². The minimum atomic E-state index is 0.713. The van der Waals surface area contributed by atoms with E-state index in [9.17, 15) is 0 Å². The molecule has 20 heavy (non-hydrogen) atoms. The molecule has 4 nitrogen and oxygen atoms in total. The minimum Gasteiger partial charge on any atom is -0.493 e. The van der Waals surface area contributed by atoms with E-state index in [1.54, 1.807) is 0 Å². The van der Waals surface area contributed by atoms with Crippen molar-refractivity contribution in [2.75, 3.05) is 11.9 Å². The van der Waals surface area contributed by atoms with Gasteiger partial charge in [-0.15, -0.1) is 0 Å². The van der Waals surface area contributed by atoms with Gasteiger partial charge in [0.25, 0.3) is 0 Å². The average molecular weight is 338 g/mol. The van der Waals surface area contributed by atoms with Gasteiger partial charge >= 0.3 is 0 Å². The number of aromatic nitrogens is 2. The molecule has 1 N–H and O–H groups in total. The molecule has 2 aromatic rings. The third-order valence-electron chi connectivity index (χ3n) is 2.97. The Kier molecular flexibility index (Phi) is 5.06. The number of hydrogen-bond donors (Lipinski definition) is 1. The highest BCUT2D eigenvalue weighted by Gasteiger charge is 2.07. The fourth-order valence-corrected chi connectivity index (χ4v) is 2.41. The Balaban J connectivity index is 2.11. The number of hydrogen-bond acceptors (Lipinski definition) is 3. The first-order chi connectivity index (χ1) is 9.60. The molecule has 0 atom stereocenters. The molecular formula is C15H20BrN3O. The molecule has 1 heterocycles. The fraction of sp³-hybridized carbons (Fsp3) is 0.400. The highest BCUT2D eigenvalue weighted by molar-refractivity contribution is 9.10. The smallest absolute Gasteiger partial charge is 0.124 e. The Hall–Kier alpha value is -1.49. The summed E-state index contributed by atoms with van der Waals surface area (Å²) in [5.41, 5.74) is 3.18. The van der Waals surface area contributed by atoms with Crippen LogP contribution >= 0.6 is 15.9 Å². The van der Waals surface area contributed by atoms with Gasteiger partial charge in [-0.2, -0.15) is 5.10 Å². The highest BCUT2D eigenvalue weighted by Crippen LogP contribution is 2.25. The molecule has 0 spiro atoms. The monoisotopic (exact) mass is 337 g/mol. The number of anilines is 1. The van der Waals surface area contributed by atoms with Crippen molar-refractivity contribution in [2.45, 2.75) is 26.8 Å². The lowest BCUT2D eigenvalue weighted by atomic mass is 10.2. The van der Waals surface area contributed by atoms with Crippen LogP contribution in [0.2, 0.25) is 0 Å². The van der Waals surface area contributed by atoms with Gasteiger partial charge in [-0.05, 0) is 31.5 Å². The second-order valence-electron chi connectivity index (χ2n) is 4.76. The Morgan fingerprint density at radius 1 is 1.40 bits per heavy atom. The molecule has 5 heteroatoms. The van der Waals surface area contributed by atoms with Gasteiger partial charge in [-0.25, -0.2) is 0 Å². The largest absolute Gasteiger partial charge is 0.493 e. The Bertz CT molecular complexity index is 580. The number of nitrogens with one attached hydrogen (secondary N) is 1. The molecule has 1 aromatic carbocycles. The van der Waals surface area contributed by atoms with Crippen molar-refractivity contribution < 1.29 is 4.74 Å². The lowest BCUT2D eigenvalue weighted by molar-refractivity contribution is 0.314. The van der Waals surface area contributed by atoms with E-state index >= 15 is 0 Å². The fourth-order valence-electron chi connectivity index (χ4n) is 2.00. The summed E-state index contributed by atoms with van der Waals surface area (Å²) in [6.07, 6.45) is 2.99. The quantitative estimate of drug-likeness (QED) is 0.868. The minimum absolute atomic E-state index is 0.713. The van der Waals surface area contributed by atoms with Crippen molar-refractivity contribution in [1.29, 1.82) is 0 Å². The summed E-state index contributed by atoms with van der Waals surface area (Å²) in [5.74, 6) is 0.934. The molecule has 2 rings (SSSR count). The van der Waals surface area contributed by atoms with Gasteiger partial charge in [-0.3, -0.25) is 4.68 Å². The molecule has 0 saturated heterocycles. The van der Waals surface area contributed by atoms with Crippen molar-refractivity contribution in [3.05, 3.63) is 40.1 Å². The third-order valence-corrected chi connectivity index (χ3v) is 3.46. The highest BCUT2D eigenvalue weighted by atomic mass is 79.9. The second kappa shape index (κ2) is 6.79. The van der Waals surface area contributed by atoms with Crippen LogP contribution < -0.4 is 10.1 Å². The second-order valence-corrected chi connectivity index (χ2v) is 5.67. The predicted molar refractivity (Wildman–Crippen MR) is 85.2 cm³/mol. The number of aryl methyl sites for hydroxylation is 2. The predicted octanol–water partition coefficient (Wildman–Crippen LogP) is 3.89. The first-order valence-corrected chi connectivity index (χ1v) is 7.54. The van der Waals surface area contributed by atoms with Crippen LogP contribution in [0.15, 0.2) is 28.9 Å². The average Bonchev–Trinajstić information content (AvgIpc) is 2.73. The molecule has 1 aromatic heterocycles. The summed E-state index contributed by atoms with van der Waals surface area (Å²) in [6, 6.07) is 6.10. The van der Waals surface area contributed by atoms with Crippen molar-refractivity contribution >= 4 is 21.6 Å². The van der Waals surface area contributed by atoms with Crippen LogP contribution in [0.1, 0.15) is 24.6 Å². The summed E-state index contributed by atoms with van der Waals surface area (Å²) in [5, 5.41) is 7.74. The Morgan fingerprint density at radius 2 is 2.20 bits per heavy atom. The van der Waals surface area contributed by atoms with Crippen LogP contribution in [0.4, 0.5) is 5.69 Å². The van der Waals surface area contributed by atoms with Gasteiger partial charge in [0.1, 0.15) is 5.75 Å². The zero-order valence-electron chi connectivity index (χ0n) is 12.1. The molecule has 0 saturated carbocycles. The Labute approximate surface area is 128 Å². The lowest BCUT2D eigenvalue weighted by Crippen LogP contribution is -2.04. The van der Waals surface area contributed by atoms with E-state index in [-0.39, 0.29) is 0 Å². The maximum atomic E-state index is 5.78. The van der Waals surface area contributed by atoms with Crippen LogP contribution in [-0.2, 0) is 13.6 Å². The Morgan fingerprint density at radius 3 is 2.85 bits per heavy atom. The molecule has 0 aliphatic heterocycles. The molecule has 0 aliphatic rings. The maximum absolute atomic E-state index is 5.78. The van der Waals surface area contributed by atoms with Crippen molar-refractivity contribution in [1.82, 2.24) is 9.78 Å². The molecule has 0 aliphatic carbocycles. The van der Waals surface area contributed by atoms with Gasteiger partial charge in [0.2, 0.25) is 0 Å². The van der Waals surface area contributed by atoms with E-state index in [0.29, 0.717) is 6.54 Å². The molecule has 0 unspecified atom stereocenters. The van der Waals surface area contributed by atoms with Crippen LogP contribution in [0.3, 0.4) is 0 Å². The molecule has 0 fully saturated rings. The number of ether oxygens (including phenoxy) is 1. The third kappa shape index (κ3) is 3.76. The van der Waals surface area contributed by atoms with Crippen LogP contribution in [0.25, 0.3) is 0 Å². The van der Waals surface area contributed by atoms with Crippen LogP contribution in [-0.4, -0.2) is 16.4 Å². The van der Waals surface area contributed by atoms with E-state index in [4.69, 9.17) is 4.74 Å². The zero-order chi connectivity index (χ0) is 14.5. The van der Waals surface area contributed by atoms with Crippen molar-refractivity contribution in [2.24, 2.45) is 7.05 Å². The summed E-state index contributed by atoms with van der Waals surface area (Å²) in [4.78, 5) is 0.